The van der Waals surface area contributed by atoms with Crippen molar-refractivity contribution in [2.75, 3.05) is 11.9 Å². The van der Waals surface area contributed by atoms with Gasteiger partial charge in [-0.3, -0.25) is 29.0 Å². The van der Waals surface area contributed by atoms with Crippen LogP contribution in [0.5, 0.6) is 0 Å². The lowest BCUT2D eigenvalue weighted by molar-refractivity contribution is -0.237. The molecule has 13 heteroatoms. The van der Waals surface area contributed by atoms with E-state index in [0.29, 0.717) is 27.0 Å². The number of benzene rings is 3. The summed E-state index contributed by atoms with van der Waals surface area (Å²) in [7, 11) is 0. The minimum Gasteiger partial charge on any atom is -0.463 e. The average molecular weight is 661 g/mol. The number of thioether (sulfide) groups is 1. The number of carbonyl (C=O) groups is 5. The van der Waals surface area contributed by atoms with E-state index in [1.807, 2.05) is 42.5 Å². The van der Waals surface area contributed by atoms with Crippen LogP contribution < -0.4 is 5.32 Å². The predicted octanol–water partition coefficient (Wildman–Crippen LogP) is 4.82. The van der Waals surface area contributed by atoms with Gasteiger partial charge >= 0.3 is 23.9 Å². The summed E-state index contributed by atoms with van der Waals surface area (Å²) in [5.41, 5.74) is 0.290. The molecule has 5 atom stereocenters. The molecule has 5 rings (SSSR count). The highest BCUT2D eigenvalue weighted by atomic mass is 32.2. The minimum absolute atomic E-state index is 0.300. The Morgan fingerprint density at radius 1 is 0.745 bits per heavy atom. The molecule has 0 bridgehead atoms. The number of nitrogens with one attached hydrogen (secondary N) is 1. The number of anilines is 1. The number of amides is 1. The normalized spacial score (nSPS) is 20.6. The molecular weight excluding hydrogens is 628 g/mol. The molecule has 1 aromatic heterocycles. The molecule has 3 aromatic carbocycles. The van der Waals surface area contributed by atoms with Crippen LogP contribution in [-0.4, -0.2) is 71.2 Å². The van der Waals surface area contributed by atoms with E-state index in [2.05, 4.69) is 10.3 Å². The van der Waals surface area contributed by atoms with Gasteiger partial charge in [0.15, 0.2) is 18.3 Å². The fourth-order valence-electron chi connectivity index (χ4n) is 5.38. The molecular formula is C34H32N2O10S. The first-order valence-corrected chi connectivity index (χ1v) is 15.5. The van der Waals surface area contributed by atoms with Crippen LogP contribution in [0.3, 0.4) is 0 Å². The Kier molecular flexibility index (Phi) is 10.4. The number of hydrogen-bond donors (Lipinski definition) is 1. The molecule has 0 saturated carbocycles. The van der Waals surface area contributed by atoms with Crippen molar-refractivity contribution in [3.05, 3.63) is 78.5 Å². The number of nitrogens with zero attached hydrogens (tertiary/aromatic N) is 1. The van der Waals surface area contributed by atoms with E-state index < -0.39 is 59.6 Å². The van der Waals surface area contributed by atoms with Gasteiger partial charge in [0, 0.05) is 44.2 Å². The monoisotopic (exact) mass is 660 g/mol. The first-order chi connectivity index (χ1) is 22.5. The van der Waals surface area contributed by atoms with Gasteiger partial charge in [0.05, 0.1) is 16.8 Å². The summed E-state index contributed by atoms with van der Waals surface area (Å²) in [6.45, 7) is 4.31. The van der Waals surface area contributed by atoms with Gasteiger partial charge in [-0.05, 0) is 29.0 Å². The van der Waals surface area contributed by atoms with Gasteiger partial charge in [-0.25, -0.2) is 0 Å². The maximum absolute atomic E-state index is 14.2. The van der Waals surface area contributed by atoms with E-state index in [1.165, 1.54) is 13.8 Å². The van der Waals surface area contributed by atoms with E-state index in [-0.39, 0.29) is 6.61 Å². The molecule has 0 aliphatic carbocycles. The predicted molar refractivity (Wildman–Crippen MR) is 171 cm³/mol. The summed E-state index contributed by atoms with van der Waals surface area (Å²) in [5.74, 6) is -3.25. The minimum atomic E-state index is -1.34. The molecule has 0 radical (unpaired) electrons. The second-order valence-electron chi connectivity index (χ2n) is 10.7. The van der Waals surface area contributed by atoms with E-state index >= 15 is 0 Å². The lowest BCUT2D eigenvalue weighted by atomic mass is 9.99. The number of para-hydroxylation sites is 1. The molecule has 47 heavy (non-hydrogen) atoms. The van der Waals surface area contributed by atoms with E-state index in [9.17, 15) is 24.0 Å². The van der Waals surface area contributed by atoms with Crippen molar-refractivity contribution in [1.82, 2.24) is 4.98 Å². The molecule has 2 heterocycles. The molecule has 1 fully saturated rings. The Bertz CT molecular complexity index is 1840. The first-order valence-electron chi connectivity index (χ1n) is 14.7. The molecule has 0 unspecified atom stereocenters. The van der Waals surface area contributed by atoms with Crippen molar-refractivity contribution in [3.8, 4) is 0 Å². The Morgan fingerprint density at radius 2 is 1.40 bits per heavy atom. The molecule has 1 aliphatic rings. The maximum atomic E-state index is 14.2. The quantitative estimate of drug-likeness (QED) is 0.193. The van der Waals surface area contributed by atoms with Crippen LogP contribution in [0.2, 0.25) is 0 Å². The SMILES string of the molecule is CC(=O)OC[C@H]1O[C@@H](Sc2ccc3ccccc3c2C(=O)Nc2cccc3cccnc23)[C@H](OC(C)=O)[C@@H](OC(C)=O)[C@@H]1OC(C)=O. The molecule has 1 amide bonds. The number of ether oxygens (including phenoxy) is 5. The summed E-state index contributed by atoms with van der Waals surface area (Å²) >= 11 is 1.04. The lowest BCUT2D eigenvalue weighted by Crippen LogP contribution is -2.61. The van der Waals surface area contributed by atoms with Gasteiger partial charge < -0.3 is 29.0 Å². The summed E-state index contributed by atoms with van der Waals surface area (Å²) in [6.07, 6.45) is -3.43. The van der Waals surface area contributed by atoms with Gasteiger partial charge in [0.2, 0.25) is 0 Å². The molecule has 1 aliphatic heterocycles. The van der Waals surface area contributed by atoms with Crippen LogP contribution in [-0.2, 0) is 42.9 Å². The van der Waals surface area contributed by atoms with Gasteiger partial charge in [-0.2, -0.15) is 0 Å². The summed E-state index contributed by atoms with van der Waals surface area (Å²) < 4.78 is 28.2. The molecule has 4 aromatic rings. The smallest absolute Gasteiger partial charge is 0.303 e. The second-order valence-corrected chi connectivity index (χ2v) is 11.8. The average Bonchev–Trinajstić information content (AvgIpc) is 3.02. The van der Waals surface area contributed by atoms with Crippen LogP contribution in [0.25, 0.3) is 21.7 Å². The highest BCUT2D eigenvalue weighted by molar-refractivity contribution is 8.00. The molecule has 1 saturated heterocycles. The molecule has 0 spiro atoms. The highest BCUT2D eigenvalue weighted by Gasteiger charge is 2.52. The van der Waals surface area contributed by atoms with Gasteiger partial charge in [0.25, 0.3) is 5.91 Å². The Balaban J connectivity index is 1.58. The largest absolute Gasteiger partial charge is 0.463 e. The highest BCUT2D eigenvalue weighted by Crippen LogP contribution is 2.40. The third-order valence-electron chi connectivity index (χ3n) is 7.19. The summed E-state index contributed by atoms with van der Waals surface area (Å²) in [4.78, 5) is 67.5. The van der Waals surface area contributed by atoms with Crippen molar-refractivity contribution in [2.24, 2.45) is 0 Å². The number of carbonyl (C=O) groups excluding carboxylic acids is 5. The van der Waals surface area contributed by atoms with Gasteiger partial charge in [-0.1, -0.05) is 60.3 Å². The molecule has 1 N–H and O–H groups in total. The van der Waals surface area contributed by atoms with E-state index in [0.717, 1.165) is 36.4 Å². The first kappa shape index (κ1) is 33.4. The maximum Gasteiger partial charge on any atom is 0.303 e. The summed E-state index contributed by atoms with van der Waals surface area (Å²) in [5, 5.41) is 5.26. The molecule has 12 nitrogen and oxygen atoms in total. The van der Waals surface area contributed by atoms with E-state index in [4.69, 9.17) is 23.7 Å². The number of pyridine rings is 1. The third kappa shape index (κ3) is 7.87. The molecule has 244 valence electrons. The number of fused-ring (bicyclic) bond motifs is 2. The van der Waals surface area contributed by atoms with Crippen LogP contribution >= 0.6 is 11.8 Å². The van der Waals surface area contributed by atoms with Crippen LogP contribution in [0.1, 0.15) is 38.1 Å². The van der Waals surface area contributed by atoms with Crippen molar-refractivity contribution < 1.29 is 47.7 Å². The Morgan fingerprint density at radius 3 is 2.13 bits per heavy atom. The zero-order valence-electron chi connectivity index (χ0n) is 26.0. The van der Waals surface area contributed by atoms with Gasteiger partial charge in [0.1, 0.15) is 18.1 Å². The van der Waals surface area contributed by atoms with Crippen LogP contribution in [0, 0.1) is 0 Å². The van der Waals surface area contributed by atoms with Crippen molar-refractivity contribution in [1.29, 1.82) is 0 Å². The standard InChI is InChI=1S/C34H32N2O10S/c1-18(37)42-17-26-30(43-19(2)38)31(44-20(3)39)32(45-21(4)40)34(46-26)47-27-15-14-22-9-5-6-12-24(22)28(27)33(41)36-25-13-7-10-23-11-8-16-35-29(23)25/h5-16,26,30-32,34H,17H2,1-4H3,(H,36,41)/t26-,30-,31+,32-,34+/m1/s1. The van der Waals surface area contributed by atoms with Crippen molar-refractivity contribution in [2.45, 2.75) is 62.4 Å². The lowest BCUT2D eigenvalue weighted by Gasteiger charge is -2.44. The fourth-order valence-corrected chi connectivity index (χ4v) is 6.64. The fraction of sp³-hybridized carbons (Fsp3) is 0.294. The second kappa shape index (κ2) is 14.6. The summed E-state index contributed by atoms with van der Waals surface area (Å²) in [6, 6.07) is 20.1. The number of rotatable bonds is 9. The number of hydrogen-bond acceptors (Lipinski definition) is 12. The van der Waals surface area contributed by atoms with Crippen LogP contribution in [0.15, 0.2) is 77.8 Å². The van der Waals surface area contributed by atoms with E-state index in [1.54, 1.807) is 30.5 Å². The number of esters is 4. The Hall–Kier alpha value is -5.01. The topological polar surface area (TPSA) is 156 Å². The zero-order chi connectivity index (χ0) is 33.7. The third-order valence-corrected chi connectivity index (χ3v) is 8.40. The Labute approximate surface area is 274 Å². The van der Waals surface area contributed by atoms with Gasteiger partial charge in [-0.15, -0.1) is 0 Å². The van der Waals surface area contributed by atoms with Crippen molar-refractivity contribution >= 4 is 68.9 Å². The zero-order valence-corrected chi connectivity index (χ0v) is 26.8. The van der Waals surface area contributed by atoms with Crippen molar-refractivity contribution in [3.63, 3.8) is 0 Å². The number of aromatic nitrogens is 1. The van der Waals surface area contributed by atoms with Crippen LogP contribution in [0.4, 0.5) is 5.69 Å².